The third-order valence-electron chi connectivity index (χ3n) is 2.64. The van der Waals surface area contributed by atoms with Gasteiger partial charge < -0.3 is 5.32 Å². The Morgan fingerprint density at radius 3 is 2.78 bits per heavy atom. The lowest BCUT2D eigenvalue weighted by Crippen LogP contribution is -2.26. The van der Waals surface area contributed by atoms with Crippen molar-refractivity contribution >= 4 is 27.4 Å². The number of hydrogen-bond donors (Lipinski definition) is 2. The maximum atomic E-state index is 11.2. The van der Waals surface area contributed by atoms with Crippen LogP contribution in [-0.4, -0.2) is 37.7 Å². The van der Waals surface area contributed by atoms with Gasteiger partial charge >= 0.3 is 0 Å². The number of halogens is 1. The van der Waals surface area contributed by atoms with E-state index >= 15 is 0 Å². The molecule has 1 aromatic rings. The molecule has 1 heterocycles. The average Bonchev–Trinajstić information content (AvgIpc) is 3.12. The summed E-state index contributed by atoms with van der Waals surface area (Å²) in [5.74, 6) is 1.71. The molecule has 0 saturated heterocycles. The Labute approximate surface area is 111 Å². The number of aromatic nitrogens is 2. The Morgan fingerprint density at radius 1 is 1.44 bits per heavy atom. The zero-order valence-corrected chi connectivity index (χ0v) is 11.6. The minimum atomic E-state index is -3.20. The molecule has 6 nitrogen and oxygen atoms in total. The van der Waals surface area contributed by atoms with Crippen LogP contribution in [0.4, 0.5) is 5.82 Å². The first-order valence-electron chi connectivity index (χ1n) is 5.70. The summed E-state index contributed by atoms with van der Waals surface area (Å²) >= 11 is 5.90. The summed E-state index contributed by atoms with van der Waals surface area (Å²) in [5.41, 5.74) is 0. The van der Waals surface area contributed by atoms with Gasteiger partial charge in [0.1, 0.15) is 16.8 Å². The predicted octanol–water partition coefficient (Wildman–Crippen LogP) is 0.968. The molecule has 8 heteroatoms. The van der Waals surface area contributed by atoms with Gasteiger partial charge in [-0.05, 0) is 19.9 Å². The van der Waals surface area contributed by atoms with Gasteiger partial charge in [-0.2, -0.15) is 0 Å². The lowest BCUT2D eigenvalue weighted by atomic mass is 10.4. The Kier molecular flexibility index (Phi) is 4.04. The second-order valence-electron chi connectivity index (χ2n) is 4.16. The van der Waals surface area contributed by atoms with Crippen molar-refractivity contribution in [2.45, 2.75) is 18.8 Å². The van der Waals surface area contributed by atoms with Crippen LogP contribution in [0.2, 0.25) is 5.15 Å². The number of anilines is 1. The standard InChI is InChI=1S/C10H15ClN4O2S/c1-12-18(16,17)5-4-13-9-6-8(11)14-10(15-9)7-2-3-7/h6-7,12H,2-5H2,1H3,(H,13,14,15). The Morgan fingerprint density at radius 2 is 2.17 bits per heavy atom. The van der Waals surface area contributed by atoms with Gasteiger partial charge in [0.25, 0.3) is 0 Å². The van der Waals surface area contributed by atoms with E-state index in [1.165, 1.54) is 7.05 Å². The molecule has 1 aliphatic carbocycles. The summed E-state index contributed by atoms with van der Waals surface area (Å²) in [7, 11) is -1.81. The lowest BCUT2D eigenvalue weighted by molar-refractivity contribution is 0.588. The zero-order valence-electron chi connectivity index (χ0n) is 9.98. The van der Waals surface area contributed by atoms with Crippen molar-refractivity contribution in [2.24, 2.45) is 0 Å². The topological polar surface area (TPSA) is 84.0 Å². The number of rotatable bonds is 6. The average molecular weight is 291 g/mol. The summed E-state index contributed by atoms with van der Waals surface area (Å²) in [6.07, 6.45) is 2.18. The molecule has 18 heavy (non-hydrogen) atoms. The lowest BCUT2D eigenvalue weighted by Gasteiger charge is -2.07. The third kappa shape index (κ3) is 3.79. The van der Waals surface area contributed by atoms with Crippen LogP contribution >= 0.6 is 11.6 Å². The van der Waals surface area contributed by atoms with E-state index in [1.807, 2.05) is 0 Å². The van der Waals surface area contributed by atoms with Crippen molar-refractivity contribution in [1.82, 2.24) is 14.7 Å². The van der Waals surface area contributed by atoms with Crippen LogP contribution in [0.1, 0.15) is 24.6 Å². The highest BCUT2D eigenvalue weighted by molar-refractivity contribution is 7.89. The molecule has 100 valence electrons. The molecule has 2 rings (SSSR count). The van der Waals surface area contributed by atoms with E-state index in [0.29, 0.717) is 16.9 Å². The summed E-state index contributed by atoms with van der Waals surface area (Å²) in [6.45, 7) is 0.278. The van der Waals surface area contributed by atoms with Crippen LogP contribution in [0, 0.1) is 0 Å². The van der Waals surface area contributed by atoms with Gasteiger partial charge in [-0.15, -0.1) is 0 Å². The van der Waals surface area contributed by atoms with Crippen LogP contribution in [-0.2, 0) is 10.0 Å². The second-order valence-corrected chi connectivity index (χ2v) is 6.59. The molecule has 0 unspecified atom stereocenters. The molecule has 0 atom stereocenters. The van der Waals surface area contributed by atoms with Crippen LogP contribution in [0.25, 0.3) is 0 Å². The van der Waals surface area contributed by atoms with Crippen LogP contribution in [0.3, 0.4) is 0 Å². The maximum absolute atomic E-state index is 11.2. The first-order chi connectivity index (χ1) is 8.50. The van der Waals surface area contributed by atoms with Gasteiger partial charge in [-0.25, -0.2) is 23.1 Å². The SMILES string of the molecule is CNS(=O)(=O)CCNc1cc(Cl)nc(C2CC2)n1. The van der Waals surface area contributed by atoms with Crippen molar-refractivity contribution < 1.29 is 8.42 Å². The maximum Gasteiger partial charge on any atom is 0.213 e. The second kappa shape index (κ2) is 5.38. The molecule has 0 aromatic carbocycles. The monoisotopic (exact) mass is 290 g/mol. The Balaban J connectivity index is 1.97. The number of sulfonamides is 1. The van der Waals surface area contributed by atoms with E-state index in [4.69, 9.17) is 11.6 Å². The van der Waals surface area contributed by atoms with Crippen molar-refractivity contribution in [2.75, 3.05) is 24.7 Å². The molecule has 0 amide bonds. The fraction of sp³-hybridized carbons (Fsp3) is 0.600. The molecule has 0 bridgehead atoms. The van der Waals surface area contributed by atoms with Gasteiger partial charge in [0, 0.05) is 18.5 Å². The predicted molar refractivity (Wildman–Crippen MR) is 70.4 cm³/mol. The highest BCUT2D eigenvalue weighted by Crippen LogP contribution is 2.38. The summed E-state index contributed by atoms with van der Waals surface area (Å²) < 4.78 is 24.7. The van der Waals surface area contributed by atoms with Gasteiger partial charge in [-0.1, -0.05) is 11.6 Å². The van der Waals surface area contributed by atoms with Crippen molar-refractivity contribution in [3.63, 3.8) is 0 Å². The molecular formula is C10H15ClN4O2S. The van der Waals surface area contributed by atoms with E-state index in [9.17, 15) is 8.42 Å². The van der Waals surface area contributed by atoms with Crippen molar-refractivity contribution in [3.8, 4) is 0 Å². The van der Waals surface area contributed by atoms with Crippen LogP contribution in [0.5, 0.6) is 0 Å². The van der Waals surface area contributed by atoms with E-state index < -0.39 is 10.0 Å². The number of nitrogens with zero attached hydrogens (tertiary/aromatic N) is 2. The normalized spacial score (nSPS) is 15.7. The minimum absolute atomic E-state index is 0.0100. The van der Waals surface area contributed by atoms with E-state index in [0.717, 1.165) is 18.7 Å². The molecule has 0 spiro atoms. The van der Waals surface area contributed by atoms with Crippen LogP contribution < -0.4 is 10.0 Å². The molecule has 1 saturated carbocycles. The summed E-state index contributed by atoms with van der Waals surface area (Å²) in [5, 5.41) is 3.32. The number of hydrogen-bond acceptors (Lipinski definition) is 5. The van der Waals surface area contributed by atoms with Crippen molar-refractivity contribution in [1.29, 1.82) is 0 Å². The quantitative estimate of drug-likeness (QED) is 0.763. The smallest absolute Gasteiger partial charge is 0.213 e. The van der Waals surface area contributed by atoms with Gasteiger partial charge in [0.05, 0.1) is 5.75 Å². The molecule has 1 aliphatic rings. The third-order valence-corrected chi connectivity index (χ3v) is 4.20. The van der Waals surface area contributed by atoms with Crippen LogP contribution in [0.15, 0.2) is 6.07 Å². The fourth-order valence-electron chi connectivity index (χ4n) is 1.47. The molecule has 2 N–H and O–H groups in total. The zero-order chi connectivity index (χ0) is 13.2. The summed E-state index contributed by atoms with van der Waals surface area (Å²) in [6, 6.07) is 1.60. The first-order valence-corrected chi connectivity index (χ1v) is 7.73. The molecule has 0 aliphatic heterocycles. The highest BCUT2D eigenvalue weighted by Gasteiger charge is 2.27. The Bertz CT molecular complexity index is 531. The summed E-state index contributed by atoms with van der Waals surface area (Å²) in [4.78, 5) is 8.47. The highest BCUT2D eigenvalue weighted by atomic mass is 35.5. The molecular weight excluding hydrogens is 276 g/mol. The van der Waals surface area contributed by atoms with Gasteiger partial charge in [-0.3, -0.25) is 0 Å². The van der Waals surface area contributed by atoms with E-state index in [-0.39, 0.29) is 12.3 Å². The minimum Gasteiger partial charge on any atom is -0.369 e. The van der Waals surface area contributed by atoms with Crippen molar-refractivity contribution in [3.05, 3.63) is 17.0 Å². The Hall–Kier alpha value is -0.920. The van der Waals surface area contributed by atoms with Gasteiger partial charge in [0.2, 0.25) is 10.0 Å². The fourth-order valence-corrected chi connectivity index (χ4v) is 2.23. The number of nitrogens with one attached hydrogen (secondary N) is 2. The van der Waals surface area contributed by atoms with E-state index in [2.05, 4.69) is 20.0 Å². The molecule has 1 aromatic heterocycles. The first kappa shape index (κ1) is 13.5. The van der Waals surface area contributed by atoms with Gasteiger partial charge in [0.15, 0.2) is 0 Å². The van der Waals surface area contributed by atoms with E-state index in [1.54, 1.807) is 6.07 Å². The molecule has 0 radical (unpaired) electrons. The molecule has 1 fully saturated rings. The largest absolute Gasteiger partial charge is 0.369 e.